The molecule has 0 aliphatic heterocycles. The lowest BCUT2D eigenvalue weighted by molar-refractivity contribution is -0.133. The second-order valence-corrected chi connectivity index (χ2v) is 7.02. The van der Waals surface area contributed by atoms with Crippen LogP contribution in [0.5, 0.6) is 0 Å². The predicted octanol–water partition coefficient (Wildman–Crippen LogP) is 2.53. The molecule has 0 aliphatic carbocycles. The van der Waals surface area contributed by atoms with Crippen LogP contribution in [0.25, 0.3) is 0 Å². The number of hydrogen-bond acceptors (Lipinski definition) is 6. The van der Waals surface area contributed by atoms with E-state index < -0.39 is 5.25 Å². The molecule has 0 bridgehead atoms. The molecule has 122 valence electrons. The number of rotatable bonds is 5. The van der Waals surface area contributed by atoms with E-state index in [1.54, 1.807) is 11.8 Å². The van der Waals surface area contributed by atoms with E-state index >= 15 is 0 Å². The van der Waals surface area contributed by atoms with E-state index in [1.807, 2.05) is 39.8 Å². The number of carbonyl (C=O) groups excluding carboxylic acids is 1. The van der Waals surface area contributed by atoms with E-state index in [0.29, 0.717) is 5.03 Å². The molecule has 23 heavy (non-hydrogen) atoms. The van der Waals surface area contributed by atoms with Gasteiger partial charge in [-0.1, -0.05) is 11.8 Å². The molecule has 1 rings (SSSR count). The van der Waals surface area contributed by atoms with Gasteiger partial charge in [0.1, 0.15) is 23.0 Å². The van der Waals surface area contributed by atoms with E-state index in [9.17, 15) is 10.1 Å². The summed E-state index contributed by atoms with van der Waals surface area (Å²) in [4.78, 5) is 18.6. The lowest BCUT2D eigenvalue weighted by Gasteiger charge is -2.32. The Morgan fingerprint density at radius 1 is 1.17 bits per heavy atom. The van der Waals surface area contributed by atoms with Gasteiger partial charge in [0.15, 0.2) is 0 Å². The third kappa shape index (κ3) is 4.37. The summed E-state index contributed by atoms with van der Waals surface area (Å²) in [6.07, 6.45) is 0. The fourth-order valence-electron chi connectivity index (χ4n) is 2.30. The number of carbonyl (C=O) groups is 1. The molecule has 1 atom stereocenters. The molecule has 1 heterocycles. The lowest BCUT2D eigenvalue weighted by atomic mass is 10.2. The number of nitrogen functional groups attached to an aromatic ring is 1. The van der Waals surface area contributed by atoms with Crippen molar-refractivity contribution in [3.8, 4) is 12.1 Å². The van der Waals surface area contributed by atoms with Crippen molar-refractivity contribution in [2.45, 2.75) is 57.0 Å². The van der Waals surface area contributed by atoms with Crippen LogP contribution >= 0.6 is 11.8 Å². The summed E-state index contributed by atoms with van der Waals surface area (Å²) in [5.74, 6) is 0.0480. The Hall–Kier alpha value is -2.25. The van der Waals surface area contributed by atoms with Crippen molar-refractivity contribution in [3.05, 3.63) is 17.2 Å². The van der Waals surface area contributed by atoms with Crippen LogP contribution in [0.4, 0.5) is 5.82 Å². The number of nitrogens with two attached hydrogens (primary N) is 1. The number of nitrogens with zero attached hydrogens (tertiary/aromatic N) is 4. The minimum atomic E-state index is -0.410. The molecular weight excluding hydrogens is 310 g/mol. The van der Waals surface area contributed by atoms with Gasteiger partial charge in [-0.25, -0.2) is 4.98 Å². The number of pyridine rings is 1. The Morgan fingerprint density at radius 2 is 1.70 bits per heavy atom. The first-order valence-corrected chi connectivity index (χ1v) is 8.20. The molecule has 1 aromatic rings. The van der Waals surface area contributed by atoms with Crippen LogP contribution in [0.3, 0.4) is 0 Å². The number of aromatic nitrogens is 1. The van der Waals surface area contributed by atoms with Gasteiger partial charge in [0, 0.05) is 12.1 Å². The summed E-state index contributed by atoms with van der Waals surface area (Å²) in [5.41, 5.74) is 6.13. The van der Waals surface area contributed by atoms with Crippen LogP contribution < -0.4 is 5.73 Å². The van der Waals surface area contributed by atoms with Gasteiger partial charge in [-0.15, -0.1) is 0 Å². The van der Waals surface area contributed by atoms with Crippen molar-refractivity contribution in [2.24, 2.45) is 0 Å². The average molecular weight is 331 g/mol. The molecule has 0 unspecified atom stereocenters. The highest BCUT2D eigenvalue weighted by molar-refractivity contribution is 8.00. The van der Waals surface area contributed by atoms with E-state index in [2.05, 4.69) is 4.98 Å². The average Bonchev–Trinajstić information content (AvgIpc) is 2.46. The van der Waals surface area contributed by atoms with Crippen molar-refractivity contribution >= 4 is 23.5 Å². The third-order valence-corrected chi connectivity index (χ3v) is 4.35. The van der Waals surface area contributed by atoms with Crippen LogP contribution in [0, 0.1) is 22.7 Å². The van der Waals surface area contributed by atoms with Gasteiger partial charge in [-0.2, -0.15) is 10.5 Å². The number of nitriles is 2. The molecule has 1 aromatic heterocycles. The molecule has 0 aromatic carbocycles. The van der Waals surface area contributed by atoms with Crippen LogP contribution in [-0.2, 0) is 4.79 Å². The maximum absolute atomic E-state index is 12.6. The topological polar surface area (TPSA) is 107 Å². The Kier molecular flexibility index (Phi) is 6.41. The fraction of sp³-hybridized carbons (Fsp3) is 0.500. The summed E-state index contributed by atoms with van der Waals surface area (Å²) in [5, 5.41) is 18.1. The number of hydrogen-bond donors (Lipinski definition) is 1. The molecule has 0 radical (unpaired) electrons. The van der Waals surface area contributed by atoms with Gasteiger partial charge in [0.2, 0.25) is 5.91 Å². The molecule has 6 nitrogen and oxygen atoms in total. The quantitative estimate of drug-likeness (QED) is 0.831. The number of anilines is 1. The second-order valence-electron chi connectivity index (χ2n) is 5.69. The van der Waals surface area contributed by atoms with Crippen LogP contribution in [-0.4, -0.2) is 33.1 Å². The summed E-state index contributed by atoms with van der Waals surface area (Å²) in [6, 6.07) is 5.47. The summed E-state index contributed by atoms with van der Waals surface area (Å²) in [7, 11) is 0. The first kappa shape index (κ1) is 18.8. The van der Waals surface area contributed by atoms with Crippen molar-refractivity contribution in [2.75, 3.05) is 5.73 Å². The minimum absolute atomic E-state index is 0.0198. The molecule has 2 N–H and O–H groups in total. The highest BCUT2D eigenvalue weighted by atomic mass is 32.2. The molecule has 0 spiro atoms. The Morgan fingerprint density at radius 3 is 2.13 bits per heavy atom. The monoisotopic (exact) mass is 331 g/mol. The molecule has 0 aliphatic rings. The summed E-state index contributed by atoms with van der Waals surface area (Å²) in [6.45, 7) is 9.64. The van der Waals surface area contributed by atoms with E-state index in [-0.39, 0.29) is 34.9 Å². The zero-order valence-corrected chi connectivity index (χ0v) is 14.8. The highest BCUT2D eigenvalue weighted by Gasteiger charge is 2.27. The normalized spacial score (nSPS) is 11.9. The summed E-state index contributed by atoms with van der Waals surface area (Å²) < 4.78 is 0. The Labute approximate surface area is 141 Å². The van der Waals surface area contributed by atoms with Gasteiger partial charge >= 0.3 is 0 Å². The van der Waals surface area contributed by atoms with Gasteiger partial charge < -0.3 is 10.6 Å². The maximum Gasteiger partial charge on any atom is 0.236 e. The van der Waals surface area contributed by atoms with Gasteiger partial charge in [-0.3, -0.25) is 4.79 Å². The first-order chi connectivity index (χ1) is 10.7. The van der Waals surface area contributed by atoms with Crippen molar-refractivity contribution in [1.29, 1.82) is 10.5 Å². The van der Waals surface area contributed by atoms with Crippen LogP contribution in [0.1, 0.15) is 45.7 Å². The van der Waals surface area contributed by atoms with E-state index in [0.717, 1.165) is 0 Å². The summed E-state index contributed by atoms with van der Waals surface area (Å²) >= 11 is 1.19. The molecule has 0 saturated heterocycles. The first-order valence-electron chi connectivity index (χ1n) is 7.32. The zero-order valence-electron chi connectivity index (χ0n) is 14.0. The smallest absolute Gasteiger partial charge is 0.236 e. The van der Waals surface area contributed by atoms with Crippen molar-refractivity contribution in [3.63, 3.8) is 0 Å². The molecule has 7 heteroatoms. The molecule has 0 fully saturated rings. The standard InChI is InChI=1S/C16H21N5OS/c1-9(2)21(10(3)4)16(22)11(5)23-15-13(8-18)6-12(7-17)14(19)20-15/h6,9-11H,1-5H3,(H2,19,20)/t11-/m1/s1. The maximum atomic E-state index is 12.6. The molecular formula is C16H21N5OS. The number of thioether (sulfide) groups is 1. The lowest BCUT2D eigenvalue weighted by Crippen LogP contribution is -2.45. The van der Waals surface area contributed by atoms with Crippen LogP contribution in [0.2, 0.25) is 0 Å². The fourth-order valence-corrected chi connectivity index (χ4v) is 3.24. The zero-order chi connectivity index (χ0) is 17.7. The molecule has 1 amide bonds. The van der Waals surface area contributed by atoms with E-state index in [1.165, 1.54) is 17.8 Å². The largest absolute Gasteiger partial charge is 0.383 e. The third-order valence-electron chi connectivity index (χ3n) is 3.26. The van der Waals surface area contributed by atoms with Crippen molar-refractivity contribution in [1.82, 2.24) is 9.88 Å². The predicted molar refractivity (Wildman–Crippen MR) is 90.5 cm³/mol. The van der Waals surface area contributed by atoms with Gasteiger partial charge in [-0.05, 0) is 40.7 Å². The van der Waals surface area contributed by atoms with E-state index in [4.69, 9.17) is 11.0 Å². The Balaban J connectivity index is 3.08. The SMILES string of the molecule is CC(C)N(C(=O)[C@@H](C)Sc1nc(N)c(C#N)cc1C#N)C(C)C. The second kappa shape index (κ2) is 7.85. The molecule has 0 saturated carbocycles. The van der Waals surface area contributed by atoms with Gasteiger partial charge in [0.05, 0.1) is 16.4 Å². The van der Waals surface area contributed by atoms with Gasteiger partial charge in [0.25, 0.3) is 0 Å². The highest BCUT2D eigenvalue weighted by Crippen LogP contribution is 2.29. The van der Waals surface area contributed by atoms with Crippen molar-refractivity contribution < 1.29 is 4.79 Å². The number of amides is 1. The van der Waals surface area contributed by atoms with Crippen LogP contribution in [0.15, 0.2) is 11.1 Å². The Bertz CT molecular complexity index is 664. The minimum Gasteiger partial charge on any atom is -0.383 e.